The number of hydrogen-bond acceptors (Lipinski definition) is 2. The Morgan fingerprint density at radius 3 is 2.29 bits per heavy atom. The molecule has 0 unspecified atom stereocenters. The third-order valence-electron chi connectivity index (χ3n) is 0.406. The standard InChI is InChI=1S/C3H4N2.K.H2O/c1-2-5-3-4-1;;/h1-3H,(H,4,5);;1H2/q;+1;/p-1. The molecule has 1 heterocycles. The fourth-order valence-corrected chi connectivity index (χ4v) is 0.215. The van der Waals surface area contributed by atoms with Gasteiger partial charge in [-0.1, -0.05) is 0 Å². The monoisotopic (exact) mass is 124 g/mol. The molecule has 0 atom stereocenters. The summed E-state index contributed by atoms with van der Waals surface area (Å²) in [7, 11) is 0. The summed E-state index contributed by atoms with van der Waals surface area (Å²) >= 11 is 0. The Bertz CT molecular complexity index is 69.4. The maximum absolute atomic E-state index is 3.67. The topological polar surface area (TPSA) is 58.7 Å². The van der Waals surface area contributed by atoms with Crippen molar-refractivity contribution in [2.75, 3.05) is 0 Å². The smallest absolute Gasteiger partial charge is 0.870 e. The minimum atomic E-state index is 0. The largest absolute Gasteiger partial charge is 1.00 e. The summed E-state index contributed by atoms with van der Waals surface area (Å²) in [6.45, 7) is 0. The van der Waals surface area contributed by atoms with Gasteiger partial charge in [-0.2, -0.15) is 0 Å². The Labute approximate surface area is 84.3 Å². The number of imidazole rings is 1. The number of aromatic amines is 1. The van der Waals surface area contributed by atoms with E-state index in [2.05, 4.69) is 9.97 Å². The van der Waals surface area contributed by atoms with Crippen LogP contribution in [-0.4, -0.2) is 15.4 Å². The third kappa shape index (κ3) is 4.66. The second-order valence-corrected chi connectivity index (χ2v) is 0.761. The minimum Gasteiger partial charge on any atom is -0.870 e. The van der Waals surface area contributed by atoms with Gasteiger partial charge in [-0.3, -0.25) is 0 Å². The fraction of sp³-hybridized carbons (Fsp3) is 0. The first-order chi connectivity index (χ1) is 2.50. The van der Waals surface area contributed by atoms with Crippen molar-refractivity contribution in [1.29, 1.82) is 0 Å². The van der Waals surface area contributed by atoms with Gasteiger partial charge in [-0.25, -0.2) is 4.98 Å². The van der Waals surface area contributed by atoms with Crippen LogP contribution in [-0.2, 0) is 0 Å². The molecule has 1 aromatic heterocycles. The fourth-order valence-electron chi connectivity index (χ4n) is 0.215. The van der Waals surface area contributed by atoms with Crippen molar-refractivity contribution in [1.82, 2.24) is 9.97 Å². The predicted octanol–water partition coefficient (Wildman–Crippen LogP) is -2.76. The molecule has 0 radical (unpaired) electrons. The molecular weight excluding hydrogens is 119 g/mol. The second kappa shape index (κ2) is 6.81. The quantitative estimate of drug-likeness (QED) is 0.381. The number of aromatic nitrogens is 2. The van der Waals surface area contributed by atoms with Gasteiger partial charge in [-0.05, 0) is 0 Å². The van der Waals surface area contributed by atoms with E-state index < -0.39 is 0 Å². The normalized spacial score (nSPS) is 5.71. The molecule has 3 nitrogen and oxygen atoms in total. The molecule has 0 aromatic carbocycles. The van der Waals surface area contributed by atoms with Gasteiger partial charge in [0.05, 0.1) is 6.33 Å². The van der Waals surface area contributed by atoms with E-state index in [1.807, 2.05) is 0 Å². The van der Waals surface area contributed by atoms with Crippen molar-refractivity contribution in [3.05, 3.63) is 18.7 Å². The molecule has 0 aliphatic rings. The molecule has 0 aliphatic heterocycles. The molecule has 34 valence electrons. The Hall–Kier alpha value is 0.806. The van der Waals surface area contributed by atoms with E-state index in [4.69, 9.17) is 0 Å². The maximum atomic E-state index is 3.67. The number of H-pyrrole nitrogens is 1. The summed E-state index contributed by atoms with van der Waals surface area (Å²) in [6, 6.07) is 0. The van der Waals surface area contributed by atoms with E-state index in [1.165, 1.54) is 0 Å². The molecule has 0 aliphatic carbocycles. The van der Waals surface area contributed by atoms with Gasteiger partial charge in [0, 0.05) is 12.4 Å². The van der Waals surface area contributed by atoms with Crippen molar-refractivity contribution in [2.45, 2.75) is 0 Å². The molecule has 0 amide bonds. The predicted molar refractivity (Wildman–Crippen MR) is 20.5 cm³/mol. The molecular formula is C3H5KN2O. The Morgan fingerprint density at radius 2 is 2.14 bits per heavy atom. The number of hydrogen-bond donors (Lipinski definition) is 1. The van der Waals surface area contributed by atoms with Crippen molar-refractivity contribution < 1.29 is 56.9 Å². The van der Waals surface area contributed by atoms with Crippen LogP contribution in [0.25, 0.3) is 0 Å². The van der Waals surface area contributed by atoms with Crippen LogP contribution in [0.3, 0.4) is 0 Å². The number of nitrogens with zero attached hydrogens (tertiary/aromatic N) is 1. The Kier molecular flexibility index (Phi) is 10.4. The van der Waals surface area contributed by atoms with Crippen molar-refractivity contribution >= 4 is 0 Å². The zero-order valence-electron chi connectivity index (χ0n) is 4.13. The SMILES string of the molecule is [K+].[OH-].c1c[nH]cn1. The first-order valence-corrected chi connectivity index (χ1v) is 1.43. The second-order valence-electron chi connectivity index (χ2n) is 0.761. The molecule has 0 spiro atoms. The van der Waals surface area contributed by atoms with E-state index in [0.29, 0.717) is 0 Å². The van der Waals surface area contributed by atoms with Gasteiger partial charge in [0.2, 0.25) is 0 Å². The van der Waals surface area contributed by atoms with Crippen molar-refractivity contribution in [2.24, 2.45) is 0 Å². The van der Waals surface area contributed by atoms with Crippen LogP contribution in [0.1, 0.15) is 0 Å². The van der Waals surface area contributed by atoms with Gasteiger partial charge in [0.25, 0.3) is 0 Å². The zero-order valence-corrected chi connectivity index (χ0v) is 7.25. The van der Waals surface area contributed by atoms with Crippen LogP contribution < -0.4 is 51.4 Å². The average molecular weight is 124 g/mol. The maximum Gasteiger partial charge on any atom is 1.00 e. The van der Waals surface area contributed by atoms with Crippen molar-refractivity contribution in [3.8, 4) is 0 Å². The van der Waals surface area contributed by atoms with Crippen LogP contribution in [0.2, 0.25) is 0 Å². The van der Waals surface area contributed by atoms with E-state index in [0.717, 1.165) is 0 Å². The molecule has 0 saturated heterocycles. The first kappa shape index (κ1) is 10.7. The number of rotatable bonds is 0. The van der Waals surface area contributed by atoms with E-state index in [-0.39, 0.29) is 56.9 Å². The van der Waals surface area contributed by atoms with Gasteiger partial charge in [0.1, 0.15) is 0 Å². The molecule has 2 N–H and O–H groups in total. The third-order valence-corrected chi connectivity index (χ3v) is 0.406. The summed E-state index contributed by atoms with van der Waals surface area (Å²) < 4.78 is 0. The van der Waals surface area contributed by atoms with Gasteiger partial charge < -0.3 is 10.5 Å². The molecule has 0 saturated carbocycles. The summed E-state index contributed by atoms with van der Waals surface area (Å²) in [4.78, 5) is 6.42. The zero-order chi connectivity index (χ0) is 3.54. The van der Waals surface area contributed by atoms with Gasteiger partial charge in [0.15, 0.2) is 0 Å². The van der Waals surface area contributed by atoms with Gasteiger partial charge >= 0.3 is 51.4 Å². The summed E-state index contributed by atoms with van der Waals surface area (Å²) in [5.41, 5.74) is 0. The van der Waals surface area contributed by atoms with Gasteiger partial charge in [-0.15, -0.1) is 0 Å². The number of nitrogens with one attached hydrogen (secondary N) is 1. The van der Waals surface area contributed by atoms with E-state index >= 15 is 0 Å². The van der Waals surface area contributed by atoms with Crippen molar-refractivity contribution in [3.63, 3.8) is 0 Å². The summed E-state index contributed by atoms with van der Waals surface area (Å²) in [5, 5.41) is 0. The summed E-state index contributed by atoms with van der Waals surface area (Å²) in [6.07, 6.45) is 5.08. The van der Waals surface area contributed by atoms with Crippen LogP contribution >= 0.6 is 0 Å². The first-order valence-electron chi connectivity index (χ1n) is 1.43. The van der Waals surface area contributed by atoms with Crippen LogP contribution in [0, 0.1) is 0 Å². The Morgan fingerprint density at radius 1 is 1.43 bits per heavy atom. The molecule has 0 fully saturated rings. The van der Waals surface area contributed by atoms with Crippen LogP contribution in [0.5, 0.6) is 0 Å². The van der Waals surface area contributed by atoms with E-state index in [1.54, 1.807) is 18.7 Å². The molecule has 0 bridgehead atoms. The van der Waals surface area contributed by atoms with Crippen LogP contribution in [0.15, 0.2) is 18.7 Å². The molecule has 4 heteroatoms. The molecule has 7 heavy (non-hydrogen) atoms. The average Bonchev–Trinajstić information content (AvgIpc) is 1.76. The molecule has 1 rings (SSSR count). The minimum absolute atomic E-state index is 0. The van der Waals surface area contributed by atoms with Crippen LogP contribution in [0.4, 0.5) is 0 Å². The summed E-state index contributed by atoms with van der Waals surface area (Å²) in [5.74, 6) is 0. The Balaban J connectivity index is 0. The van der Waals surface area contributed by atoms with E-state index in [9.17, 15) is 0 Å². The molecule has 1 aromatic rings.